The van der Waals surface area contributed by atoms with Gasteiger partial charge in [-0.25, -0.2) is 0 Å². The van der Waals surface area contributed by atoms with Crippen LogP contribution in [0, 0.1) is 0 Å². The summed E-state index contributed by atoms with van der Waals surface area (Å²) < 4.78 is 0. The third kappa shape index (κ3) is 2.45. The van der Waals surface area contributed by atoms with Gasteiger partial charge in [-0.15, -0.1) is 0 Å². The maximum Gasteiger partial charge on any atom is 0.237 e. The minimum Gasteiger partial charge on any atom is -0.508 e. The summed E-state index contributed by atoms with van der Waals surface area (Å²) in [6.45, 7) is 3.74. The number of phenols is 1. The molecule has 1 fully saturated rings. The van der Waals surface area contributed by atoms with Crippen LogP contribution in [0.25, 0.3) is 0 Å². The molecule has 112 valence electrons. The molecule has 1 aliphatic heterocycles. The predicted molar refractivity (Wildman–Crippen MR) is 83.2 cm³/mol. The molecule has 3 nitrogen and oxygen atoms in total. The van der Waals surface area contributed by atoms with Crippen LogP contribution < -0.4 is 0 Å². The van der Waals surface area contributed by atoms with Gasteiger partial charge in [0, 0.05) is 13.1 Å². The first-order valence-electron chi connectivity index (χ1n) is 7.91. The van der Waals surface area contributed by atoms with Crippen LogP contribution in [0.5, 0.6) is 5.75 Å². The minimum atomic E-state index is -0.617. The van der Waals surface area contributed by atoms with Gasteiger partial charge in [-0.05, 0) is 56.7 Å². The minimum absolute atomic E-state index is 0.193. The average molecular weight is 285 g/mol. The van der Waals surface area contributed by atoms with Crippen molar-refractivity contribution in [3.63, 3.8) is 0 Å². The number of piperidine rings is 1. The van der Waals surface area contributed by atoms with Gasteiger partial charge in [-0.1, -0.05) is 23.8 Å². The molecule has 1 N–H and O–H groups in total. The van der Waals surface area contributed by atoms with E-state index in [1.54, 1.807) is 12.1 Å². The van der Waals surface area contributed by atoms with Crippen molar-refractivity contribution in [1.29, 1.82) is 0 Å². The maximum atomic E-state index is 13.2. The van der Waals surface area contributed by atoms with Crippen LogP contribution in [-0.4, -0.2) is 29.0 Å². The summed E-state index contributed by atoms with van der Waals surface area (Å²) in [5, 5.41) is 9.80. The summed E-state index contributed by atoms with van der Waals surface area (Å²) in [6.07, 6.45) is 7.62. The van der Waals surface area contributed by atoms with Crippen molar-refractivity contribution in [3.05, 3.63) is 41.5 Å². The van der Waals surface area contributed by atoms with E-state index in [2.05, 4.69) is 6.08 Å². The Kier molecular flexibility index (Phi) is 3.75. The monoisotopic (exact) mass is 285 g/mol. The molecule has 0 spiro atoms. The predicted octanol–water partition coefficient (Wildman–Crippen LogP) is 3.38. The Balaban J connectivity index is 1.98. The third-order valence-corrected chi connectivity index (χ3v) is 4.94. The van der Waals surface area contributed by atoms with Crippen molar-refractivity contribution in [2.24, 2.45) is 0 Å². The van der Waals surface area contributed by atoms with Gasteiger partial charge in [0.1, 0.15) is 5.75 Å². The number of aromatic hydroxyl groups is 1. The number of allylic oxidation sites excluding steroid dienone is 1. The molecular weight excluding hydrogens is 262 g/mol. The smallest absolute Gasteiger partial charge is 0.237 e. The number of amides is 1. The fraction of sp³-hybridized carbons (Fsp3) is 0.500. The first kappa shape index (κ1) is 14.2. The van der Waals surface area contributed by atoms with E-state index in [1.807, 2.05) is 24.0 Å². The summed E-state index contributed by atoms with van der Waals surface area (Å²) in [5.74, 6) is 0.420. The van der Waals surface area contributed by atoms with E-state index in [0.29, 0.717) is 0 Å². The lowest BCUT2D eigenvalue weighted by molar-refractivity contribution is -0.136. The maximum absolute atomic E-state index is 13.2. The molecule has 1 unspecified atom stereocenters. The standard InChI is InChI=1S/C18H23NO2/c1-18(14-7-5-8-14,15-9-6-10-16(20)13-15)17(21)19-11-3-2-4-12-19/h6-7,9-10,13,20H,2-5,8,11-12H2,1H3. The van der Waals surface area contributed by atoms with Gasteiger partial charge < -0.3 is 10.0 Å². The van der Waals surface area contributed by atoms with Gasteiger partial charge in [0.25, 0.3) is 0 Å². The molecule has 1 aliphatic carbocycles. The summed E-state index contributed by atoms with van der Waals surface area (Å²) in [5.41, 5.74) is 1.49. The summed E-state index contributed by atoms with van der Waals surface area (Å²) >= 11 is 0. The van der Waals surface area contributed by atoms with E-state index in [4.69, 9.17) is 0 Å². The summed E-state index contributed by atoms with van der Waals surface area (Å²) in [6, 6.07) is 7.18. The molecule has 1 amide bonds. The molecule has 3 heteroatoms. The Morgan fingerprint density at radius 1 is 1.24 bits per heavy atom. The van der Waals surface area contributed by atoms with Crippen molar-refractivity contribution in [1.82, 2.24) is 4.90 Å². The molecule has 2 aliphatic rings. The van der Waals surface area contributed by atoms with Crippen molar-refractivity contribution in [3.8, 4) is 5.75 Å². The molecule has 3 rings (SSSR count). The molecule has 0 aromatic heterocycles. The zero-order valence-electron chi connectivity index (χ0n) is 12.6. The molecule has 1 heterocycles. The number of nitrogens with zero attached hydrogens (tertiary/aromatic N) is 1. The van der Waals surface area contributed by atoms with Gasteiger partial charge in [-0.3, -0.25) is 4.79 Å². The highest BCUT2D eigenvalue weighted by Crippen LogP contribution is 2.42. The Hall–Kier alpha value is -1.77. The number of hydrogen-bond donors (Lipinski definition) is 1. The topological polar surface area (TPSA) is 40.5 Å². The lowest BCUT2D eigenvalue weighted by Gasteiger charge is -2.40. The fourth-order valence-electron chi connectivity index (χ4n) is 3.42. The number of hydrogen-bond acceptors (Lipinski definition) is 2. The number of carbonyl (C=O) groups is 1. The molecule has 21 heavy (non-hydrogen) atoms. The number of carbonyl (C=O) groups excluding carboxylic acids is 1. The lowest BCUT2D eigenvalue weighted by Crippen LogP contribution is -2.49. The van der Waals surface area contributed by atoms with Crippen LogP contribution in [0.15, 0.2) is 35.9 Å². The molecule has 1 saturated heterocycles. The lowest BCUT2D eigenvalue weighted by atomic mass is 9.69. The zero-order chi connectivity index (χ0) is 14.9. The van der Waals surface area contributed by atoms with E-state index in [9.17, 15) is 9.90 Å². The van der Waals surface area contributed by atoms with Crippen LogP contribution in [-0.2, 0) is 10.2 Å². The quantitative estimate of drug-likeness (QED) is 0.865. The van der Waals surface area contributed by atoms with Gasteiger partial charge >= 0.3 is 0 Å². The third-order valence-electron chi connectivity index (χ3n) is 4.94. The summed E-state index contributed by atoms with van der Waals surface area (Å²) in [7, 11) is 0. The van der Waals surface area contributed by atoms with Crippen molar-refractivity contribution in [2.45, 2.75) is 44.4 Å². The Bertz CT molecular complexity index is 572. The van der Waals surface area contributed by atoms with Crippen LogP contribution in [0.1, 0.15) is 44.6 Å². The van der Waals surface area contributed by atoms with Crippen molar-refractivity contribution < 1.29 is 9.90 Å². The number of rotatable bonds is 3. The van der Waals surface area contributed by atoms with E-state index in [1.165, 1.54) is 12.0 Å². The van der Waals surface area contributed by atoms with E-state index in [-0.39, 0.29) is 11.7 Å². The first-order chi connectivity index (χ1) is 10.1. The average Bonchev–Trinajstić information content (AvgIpc) is 2.45. The second kappa shape index (κ2) is 5.55. The highest BCUT2D eigenvalue weighted by molar-refractivity contribution is 5.92. The van der Waals surface area contributed by atoms with Crippen LogP contribution in [0.4, 0.5) is 0 Å². The van der Waals surface area contributed by atoms with Gasteiger partial charge in [-0.2, -0.15) is 0 Å². The van der Waals surface area contributed by atoms with Gasteiger partial charge in [0.15, 0.2) is 0 Å². The SMILES string of the molecule is CC(C(=O)N1CCCCC1)(C1=CCC1)c1cccc(O)c1. The van der Waals surface area contributed by atoms with E-state index in [0.717, 1.165) is 44.3 Å². The fourth-order valence-corrected chi connectivity index (χ4v) is 3.42. The molecule has 1 aromatic rings. The van der Waals surface area contributed by atoms with Crippen molar-refractivity contribution in [2.75, 3.05) is 13.1 Å². The van der Waals surface area contributed by atoms with Gasteiger partial charge in [0.2, 0.25) is 5.91 Å². The Morgan fingerprint density at radius 2 is 1.95 bits per heavy atom. The molecule has 0 saturated carbocycles. The molecular formula is C18H23NO2. The highest BCUT2D eigenvalue weighted by atomic mass is 16.3. The second-order valence-electron chi connectivity index (χ2n) is 6.30. The first-order valence-corrected chi connectivity index (χ1v) is 7.91. The molecule has 0 bridgehead atoms. The molecule has 1 atom stereocenters. The Labute approximate surface area is 126 Å². The van der Waals surface area contributed by atoms with E-state index < -0.39 is 5.41 Å². The zero-order valence-corrected chi connectivity index (χ0v) is 12.6. The number of likely N-dealkylation sites (tertiary alicyclic amines) is 1. The van der Waals surface area contributed by atoms with Crippen LogP contribution in [0.2, 0.25) is 0 Å². The highest BCUT2D eigenvalue weighted by Gasteiger charge is 2.43. The largest absolute Gasteiger partial charge is 0.508 e. The van der Waals surface area contributed by atoms with Crippen LogP contribution >= 0.6 is 0 Å². The summed E-state index contributed by atoms with van der Waals surface area (Å²) in [4.78, 5) is 15.2. The normalized spacial score (nSPS) is 21.2. The second-order valence-corrected chi connectivity index (χ2v) is 6.30. The van der Waals surface area contributed by atoms with Gasteiger partial charge in [0.05, 0.1) is 5.41 Å². The van der Waals surface area contributed by atoms with Crippen molar-refractivity contribution >= 4 is 5.91 Å². The molecule has 0 radical (unpaired) electrons. The van der Waals surface area contributed by atoms with Crippen LogP contribution in [0.3, 0.4) is 0 Å². The van der Waals surface area contributed by atoms with E-state index >= 15 is 0 Å². The number of benzene rings is 1. The Morgan fingerprint density at radius 3 is 2.52 bits per heavy atom. The number of phenolic OH excluding ortho intramolecular Hbond substituents is 1. The molecule has 1 aromatic carbocycles.